The first-order valence-corrected chi connectivity index (χ1v) is 9.24. The zero-order chi connectivity index (χ0) is 18.5. The SMILES string of the molecule is O=C(NC(=S)Nc1ccc(N2CCCCC2)c(F)c1)c1cccc(Cl)c1. The number of anilines is 2. The maximum absolute atomic E-state index is 14.4. The van der Waals surface area contributed by atoms with Gasteiger partial charge >= 0.3 is 0 Å². The molecule has 1 heterocycles. The number of benzene rings is 2. The second-order valence-corrected chi connectivity index (χ2v) is 6.98. The van der Waals surface area contributed by atoms with Crippen molar-refractivity contribution in [2.24, 2.45) is 0 Å². The zero-order valence-corrected chi connectivity index (χ0v) is 15.7. The van der Waals surface area contributed by atoms with E-state index in [0.29, 0.717) is 22.0 Å². The van der Waals surface area contributed by atoms with Crippen LogP contribution in [0.2, 0.25) is 5.02 Å². The average Bonchev–Trinajstić information content (AvgIpc) is 2.62. The van der Waals surface area contributed by atoms with Gasteiger partial charge in [0.1, 0.15) is 5.82 Å². The van der Waals surface area contributed by atoms with Crippen molar-refractivity contribution < 1.29 is 9.18 Å². The number of rotatable bonds is 3. The van der Waals surface area contributed by atoms with E-state index in [0.717, 1.165) is 25.9 Å². The molecule has 0 aliphatic carbocycles. The van der Waals surface area contributed by atoms with Gasteiger partial charge in [0.15, 0.2) is 5.11 Å². The Bertz CT molecular complexity index is 824. The van der Waals surface area contributed by atoms with E-state index in [2.05, 4.69) is 15.5 Å². The lowest BCUT2D eigenvalue weighted by molar-refractivity contribution is 0.0977. The molecule has 0 unspecified atom stereocenters. The predicted molar refractivity (Wildman–Crippen MR) is 108 cm³/mol. The molecule has 0 radical (unpaired) electrons. The summed E-state index contributed by atoms with van der Waals surface area (Å²) < 4.78 is 14.4. The molecule has 1 fully saturated rings. The first kappa shape index (κ1) is 18.6. The Kier molecular flexibility index (Phi) is 6.06. The van der Waals surface area contributed by atoms with Crippen molar-refractivity contribution in [2.75, 3.05) is 23.3 Å². The molecule has 2 aromatic carbocycles. The third kappa shape index (κ3) is 4.71. The number of carbonyl (C=O) groups excluding carboxylic acids is 1. The van der Waals surface area contributed by atoms with Crippen molar-refractivity contribution in [2.45, 2.75) is 19.3 Å². The van der Waals surface area contributed by atoms with Gasteiger partial charge in [-0.1, -0.05) is 17.7 Å². The van der Waals surface area contributed by atoms with Gasteiger partial charge in [-0.05, 0) is 67.9 Å². The van der Waals surface area contributed by atoms with Crippen molar-refractivity contribution >= 4 is 46.2 Å². The molecule has 0 atom stereocenters. The predicted octanol–water partition coefficient (Wildman–Crippen LogP) is 4.60. The topological polar surface area (TPSA) is 44.4 Å². The van der Waals surface area contributed by atoms with Gasteiger partial charge in [-0.15, -0.1) is 0 Å². The Labute approximate surface area is 162 Å². The van der Waals surface area contributed by atoms with E-state index < -0.39 is 0 Å². The first-order valence-electron chi connectivity index (χ1n) is 8.45. The number of nitrogens with zero attached hydrogens (tertiary/aromatic N) is 1. The van der Waals surface area contributed by atoms with Gasteiger partial charge in [0, 0.05) is 29.4 Å². The summed E-state index contributed by atoms with van der Waals surface area (Å²) in [6, 6.07) is 11.4. The lowest BCUT2D eigenvalue weighted by Crippen LogP contribution is -2.34. The number of thiocarbonyl (C=S) groups is 1. The van der Waals surface area contributed by atoms with Gasteiger partial charge in [-0.3, -0.25) is 10.1 Å². The van der Waals surface area contributed by atoms with E-state index in [-0.39, 0.29) is 16.8 Å². The van der Waals surface area contributed by atoms with E-state index in [4.69, 9.17) is 23.8 Å². The van der Waals surface area contributed by atoms with Crippen molar-refractivity contribution in [3.05, 3.63) is 58.9 Å². The Morgan fingerprint density at radius 3 is 2.58 bits per heavy atom. The summed E-state index contributed by atoms with van der Waals surface area (Å²) >= 11 is 11.0. The molecule has 3 rings (SSSR count). The van der Waals surface area contributed by atoms with E-state index >= 15 is 0 Å². The van der Waals surface area contributed by atoms with Crippen LogP contribution in [0.15, 0.2) is 42.5 Å². The molecule has 1 aliphatic heterocycles. The lowest BCUT2D eigenvalue weighted by atomic mass is 10.1. The standard InChI is InChI=1S/C19H19ClFN3OS/c20-14-6-4-5-13(11-14)18(25)23-19(26)22-15-7-8-17(16(21)12-15)24-9-2-1-3-10-24/h4-8,11-12H,1-3,9-10H2,(H2,22,23,25,26). The van der Waals surface area contributed by atoms with Crippen LogP contribution >= 0.6 is 23.8 Å². The fraction of sp³-hybridized carbons (Fsp3) is 0.263. The smallest absolute Gasteiger partial charge is 0.257 e. The molecular formula is C19H19ClFN3OS. The summed E-state index contributed by atoms with van der Waals surface area (Å²) in [5.74, 6) is -0.684. The quantitative estimate of drug-likeness (QED) is 0.751. The summed E-state index contributed by atoms with van der Waals surface area (Å²) in [7, 11) is 0. The second-order valence-electron chi connectivity index (χ2n) is 6.13. The minimum atomic E-state index is -0.379. The van der Waals surface area contributed by atoms with Crippen molar-refractivity contribution in [1.82, 2.24) is 5.32 Å². The Balaban J connectivity index is 1.62. The minimum Gasteiger partial charge on any atom is -0.369 e. The van der Waals surface area contributed by atoms with Crippen molar-refractivity contribution in [1.29, 1.82) is 0 Å². The van der Waals surface area contributed by atoms with E-state index in [1.165, 1.54) is 12.5 Å². The van der Waals surface area contributed by atoms with Gasteiger partial charge in [-0.2, -0.15) is 0 Å². The highest BCUT2D eigenvalue weighted by molar-refractivity contribution is 7.80. The highest BCUT2D eigenvalue weighted by Crippen LogP contribution is 2.25. The fourth-order valence-electron chi connectivity index (χ4n) is 2.94. The number of halogens is 2. The number of piperidine rings is 1. The van der Waals surface area contributed by atoms with E-state index in [1.807, 2.05) is 0 Å². The molecule has 26 heavy (non-hydrogen) atoms. The Hall–Kier alpha value is -2.18. The van der Waals surface area contributed by atoms with Crippen LogP contribution in [0.3, 0.4) is 0 Å². The average molecular weight is 392 g/mol. The Morgan fingerprint density at radius 1 is 1.12 bits per heavy atom. The largest absolute Gasteiger partial charge is 0.369 e. The summed E-state index contributed by atoms with van der Waals surface area (Å²) in [6.07, 6.45) is 3.36. The lowest BCUT2D eigenvalue weighted by Gasteiger charge is -2.29. The van der Waals surface area contributed by atoms with Gasteiger partial charge in [0.25, 0.3) is 5.91 Å². The number of hydrogen-bond acceptors (Lipinski definition) is 3. The van der Waals surface area contributed by atoms with Crippen LogP contribution in [0.4, 0.5) is 15.8 Å². The summed E-state index contributed by atoms with van der Waals surface area (Å²) in [4.78, 5) is 14.2. The third-order valence-electron chi connectivity index (χ3n) is 4.22. The maximum Gasteiger partial charge on any atom is 0.257 e. The second kappa shape index (κ2) is 8.47. The molecule has 0 saturated carbocycles. The molecule has 2 N–H and O–H groups in total. The highest BCUT2D eigenvalue weighted by atomic mass is 35.5. The van der Waals surface area contributed by atoms with E-state index in [9.17, 15) is 9.18 Å². The molecule has 1 amide bonds. The van der Waals surface area contributed by atoms with Gasteiger partial charge in [0.2, 0.25) is 0 Å². The molecular weight excluding hydrogens is 373 g/mol. The number of carbonyl (C=O) groups is 1. The molecule has 7 heteroatoms. The molecule has 0 aromatic heterocycles. The van der Waals surface area contributed by atoms with Crippen LogP contribution < -0.4 is 15.5 Å². The summed E-state index contributed by atoms with van der Waals surface area (Å²) in [5, 5.41) is 5.96. The molecule has 4 nitrogen and oxygen atoms in total. The van der Waals surface area contributed by atoms with Crippen molar-refractivity contribution in [3.8, 4) is 0 Å². The van der Waals surface area contributed by atoms with Crippen LogP contribution in [-0.4, -0.2) is 24.1 Å². The first-order chi connectivity index (χ1) is 12.5. The Morgan fingerprint density at radius 2 is 1.88 bits per heavy atom. The van der Waals surface area contributed by atoms with Crippen molar-refractivity contribution in [3.63, 3.8) is 0 Å². The summed E-state index contributed by atoms with van der Waals surface area (Å²) in [6.45, 7) is 1.75. The summed E-state index contributed by atoms with van der Waals surface area (Å²) in [5.41, 5.74) is 1.48. The maximum atomic E-state index is 14.4. The monoisotopic (exact) mass is 391 g/mol. The fourth-order valence-corrected chi connectivity index (χ4v) is 3.34. The number of nitrogens with one attached hydrogen (secondary N) is 2. The highest BCUT2D eigenvalue weighted by Gasteiger charge is 2.15. The zero-order valence-electron chi connectivity index (χ0n) is 14.1. The molecule has 1 saturated heterocycles. The molecule has 1 aliphatic rings. The normalized spacial score (nSPS) is 14.0. The van der Waals surface area contributed by atoms with Crippen LogP contribution in [0.25, 0.3) is 0 Å². The molecule has 0 bridgehead atoms. The van der Waals surface area contributed by atoms with Crippen LogP contribution in [0, 0.1) is 5.82 Å². The van der Waals surface area contributed by atoms with Gasteiger partial charge in [0.05, 0.1) is 5.69 Å². The van der Waals surface area contributed by atoms with Crippen LogP contribution in [-0.2, 0) is 0 Å². The molecule has 136 valence electrons. The van der Waals surface area contributed by atoms with Crippen LogP contribution in [0.1, 0.15) is 29.6 Å². The van der Waals surface area contributed by atoms with Gasteiger partial charge < -0.3 is 10.2 Å². The molecule has 0 spiro atoms. The number of amides is 1. The van der Waals surface area contributed by atoms with E-state index in [1.54, 1.807) is 36.4 Å². The number of hydrogen-bond donors (Lipinski definition) is 2. The van der Waals surface area contributed by atoms with Crippen LogP contribution in [0.5, 0.6) is 0 Å². The third-order valence-corrected chi connectivity index (χ3v) is 4.66. The minimum absolute atomic E-state index is 0.0973. The molecule has 2 aromatic rings. The van der Waals surface area contributed by atoms with Gasteiger partial charge in [-0.25, -0.2) is 4.39 Å².